The second kappa shape index (κ2) is 3.41. The molecule has 8 atom stereocenters. The lowest BCUT2D eigenvalue weighted by molar-refractivity contribution is -0.158. The van der Waals surface area contributed by atoms with Crippen LogP contribution in [0.1, 0.15) is 12.8 Å². The van der Waals surface area contributed by atoms with Crippen molar-refractivity contribution in [2.45, 2.75) is 12.8 Å². The van der Waals surface area contributed by atoms with E-state index in [0.717, 1.165) is 6.42 Å². The van der Waals surface area contributed by atoms with Gasteiger partial charge in [-0.1, -0.05) is 24.3 Å². The SMILES string of the molecule is N#CC12C(=O)C3C4C=CC(C4)C3C(=O)C1(C#N)C1C=CC2C1. The van der Waals surface area contributed by atoms with Crippen LogP contribution in [-0.4, -0.2) is 11.6 Å². The maximum absolute atomic E-state index is 13.3. The Bertz CT molecular complexity index is 720. The monoisotopic (exact) mass is 290 g/mol. The average Bonchev–Trinajstić information content (AvgIpc) is 3.29. The molecule has 0 N–H and O–H groups in total. The number of allylic oxidation sites excluding steroid dienone is 4. The molecule has 22 heavy (non-hydrogen) atoms. The van der Waals surface area contributed by atoms with Gasteiger partial charge in [0.2, 0.25) is 0 Å². The van der Waals surface area contributed by atoms with Crippen molar-refractivity contribution in [3.05, 3.63) is 24.3 Å². The fraction of sp³-hybridized carbons (Fsp3) is 0.556. The molecule has 5 rings (SSSR count). The molecular weight excluding hydrogens is 276 g/mol. The number of Topliss-reactive ketones (excluding diaryl/α,β-unsaturated/α-hetero) is 2. The minimum Gasteiger partial charge on any atom is -0.297 e. The standard InChI is InChI=1S/C18H14N2O2/c19-7-17-11-3-4-12(6-11)18(17,8-20)16(22)14-10-2-1-9(5-10)13(14)15(17)21/h1-4,9-14H,5-6H2. The summed E-state index contributed by atoms with van der Waals surface area (Å²) >= 11 is 0. The Labute approximate surface area is 128 Å². The van der Waals surface area contributed by atoms with Crippen LogP contribution in [0.4, 0.5) is 0 Å². The van der Waals surface area contributed by atoms with Crippen molar-refractivity contribution in [3.63, 3.8) is 0 Å². The summed E-state index contributed by atoms with van der Waals surface area (Å²) in [6, 6.07) is 4.37. The molecule has 5 aliphatic carbocycles. The maximum atomic E-state index is 13.3. The van der Waals surface area contributed by atoms with Crippen LogP contribution in [0, 0.1) is 69.0 Å². The molecular formula is C18H14N2O2. The van der Waals surface area contributed by atoms with Gasteiger partial charge in [0, 0.05) is 23.7 Å². The second-order valence-electron chi connectivity index (χ2n) is 7.40. The molecule has 8 unspecified atom stereocenters. The molecule has 0 amide bonds. The highest BCUT2D eigenvalue weighted by Crippen LogP contribution is 2.71. The first-order valence-electron chi connectivity index (χ1n) is 7.89. The van der Waals surface area contributed by atoms with E-state index in [0.29, 0.717) is 6.42 Å². The zero-order chi connectivity index (χ0) is 15.3. The first-order chi connectivity index (χ1) is 10.6. The number of nitrogens with zero attached hydrogens (tertiary/aromatic N) is 2. The predicted octanol–water partition coefficient (Wildman–Crippen LogP) is 1.80. The van der Waals surface area contributed by atoms with Gasteiger partial charge in [-0.05, 0) is 24.7 Å². The number of carbonyl (C=O) groups is 2. The number of nitriles is 2. The van der Waals surface area contributed by atoms with E-state index in [-0.39, 0.29) is 47.1 Å². The fourth-order valence-corrected chi connectivity index (χ4v) is 6.20. The van der Waals surface area contributed by atoms with Crippen molar-refractivity contribution < 1.29 is 9.59 Å². The van der Waals surface area contributed by atoms with E-state index < -0.39 is 10.8 Å². The van der Waals surface area contributed by atoms with E-state index in [1.807, 2.05) is 24.3 Å². The van der Waals surface area contributed by atoms with Gasteiger partial charge in [-0.2, -0.15) is 10.5 Å². The second-order valence-corrected chi connectivity index (χ2v) is 7.40. The third kappa shape index (κ3) is 0.898. The summed E-state index contributed by atoms with van der Waals surface area (Å²) < 4.78 is 0. The summed E-state index contributed by atoms with van der Waals surface area (Å²) in [4.78, 5) is 26.7. The van der Waals surface area contributed by atoms with Crippen LogP contribution in [0.25, 0.3) is 0 Å². The first-order valence-corrected chi connectivity index (χ1v) is 7.89. The summed E-state index contributed by atoms with van der Waals surface area (Å²) in [7, 11) is 0. The number of carbonyl (C=O) groups excluding carboxylic acids is 2. The molecule has 4 nitrogen and oxygen atoms in total. The fourth-order valence-electron chi connectivity index (χ4n) is 6.20. The van der Waals surface area contributed by atoms with E-state index in [1.165, 1.54) is 0 Å². The molecule has 108 valence electrons. The molecule has 5 aliphatic rings. The van der Waals surface area contributed by atoms with Gasteiger partial charge < -0.3 is 0 Å². The van der Waals surface area contributed by atoms with E-state index in [4.69, 9.17) is 0 Å². The summed E-state index contributed by atoms with van der Waals surface area (Å²) in [5, 5.41) is 19.8. The zero-order valence-corrected chi connectivity index (χ0v) is 11.9. The van der Waals surface area contributed by atoms with Crippen LogP contribution in [0.5, 0.6) is 0 Å². The minimum absolute atomic E-state index is 0.0801. The van der Waals surface area contributed by atoms with E-state index in [9.17, 15) is 20.1 Å². The van der Waals surface area contributed by atoms with Gasteiger partial charge in [-0.3, -0.25) is 9.59 Å². The van der Waals surface area contributed by atoms with Gasteiger partial charge in [0.1, 0.15) is 10.8 Å². The number of ketones is 2. The van der Waals surface area contributed by atoms with Gasteiger partial charge in [-0.25, -0.2) is 0 Å². The summed E-state index contributed by atoms with van der Waals surface area (Å²) in [6.07, 6.45) is 9.24. The van der Waals surface area contributed by atoms with Crippen molar-refractivity contribution >= 4 is 11.6 Å². The molecule has 0 aromatic rings. The van der Waals surface area contributed by atoms with Gasteiger partial charge in [0.25, 0.3) is 0 Å². The molecule has 3 fully saturated rings. The van der Waals surface area contributed by atoms with Crippen LogP contribution in [0.2, 0.25) is 0 Å². The van der Waals surface area contributed by atoms with E-state index in [2.05, 4.69) is 12.1 Å². The molecule has 0 spiro atoms. The van der Waals surface area contributed by atoms with Crippen molar-refractivity contribution in [1.29, 1.82) is 10.5 Å². The molecule has 0 aliphatic heterocycles. The Hall–Kier alpha value is -2.20. The summed E-state index contributed by atoms with van der Waals surface area (Å²) in [5.74, 6) is -1.41. The molecule has 0 radical (unpaired) electrons. The lowest BCUT2D eigenvalue weighted by atomic mass is 9.46. The van der Waals surface area contributed by atoms with Crippen LogP contribution >= 0.6 is 0 Å². The minimum atomic E-state index is -1.45. The van der Waals surface area contributed by atoms with E-state index >= 15 is 0 Å². The number of rotatable bonds is 0. The highest BCUT2D eigenvalue weighted by molar-refractivity contribution is 6.10. The molecule has 0 saturated heterocycles. The average molecular weight is 290 g/mol. The largest absolute Gasteiger partial charge is 0.297 e. The Kier molecular flexibility index (Phi) is 1.91. The van der Waals surface area contributed by atoms with Crippen LogP contribution in [-0.2, 0) is 9.59 Å². The van der Waals surface area contributed by atoms with Crippen molar-refractivity contribution in [1.82, 2.24) is 0 Å². The van der Waals surface area contributed by atoms with Gasteiger partial charge in [-0.15, -0.1) is 0 Å². The maximum Gasteiger partial charge on any atom is 0.160 e. The lowest BCUT2D eigenvalue weighted by Gasteiger charge is -2.49. The van der Waals surface area contributed by atoms with Gasteiger partial charge in [0.15, 0.2) is 11.6 Å². The van der Waals surface area contributed by atoms with Crippen molar-refractivity contribution in [3.8, 4) is 12.1 Å². The number of hydrogen-bond acceptors (Lipinski definition) is 4. The third-order valence-corrected chi connectivity index (χ3v) is 7.01. The highest BCUT2D eigenvalue weighted by Gasteiger charge is 2.80. The van der Waals surface area contributed by atoms with Gasteiger partial charge >= 0.3 is 0 Å². The molecule has 3 saturated carbocycles. The van der Waals surface area contributed by atoms with Crippen LogP contribution in [0.3, 0.4) is 0 Å². The topological polar surface area (TPSA) is 81.7 Å². The zero-order valence-electron chi connectivity index (χ0n) is 11.9. The van der Waals surface area contributed by atoms with E-state index in [1.54, 1.807) is 0 Å². The van der Waals surface area contributed by atoms with Crippen LogP contribution in [0.15, 0.2) is 24.3 Å². The smallest absolute Gasteiger partial charge is 0.160 e. The van der Waals surface area contributed by atoms with Gasteiger partial charge in [0.05, 0.1) is 12.1 Å². The molecule has 0 heterocycles. The van der Waals surface area contributed by atoms with Crippen molar-refractivity contribution in [2.75, 3.05) is 0 Å². The Balaban J connectivity index is 1.82. The Morgan fingerprint density at radius 2 is 1.27 bits per heavy atom. The first kappa shape index (κ1) is 12.4. The summed E-state index contributed by atoms with van der Waals surface area (Å²) in [5.41, 5.74) is -2.89. The van der Waals surface area contributed by atoms with Crippen LogP contribution < -0.4 is 0 Å². The van der Waals surface area contributed by atoms with Crippen molar-refractivity contribution in [2.24, 2.45) is 46.3 Å². The molecule has 4 heteroatoms. The Morgan fingerprint density at radius 3 is 1.68 bits per heavy atom. The number of fused-ring (bicyclic) bond motifs is 10. The normalized spacial score (nSPS) is 55.9. The molecule has 4 bridgehead atoms. The molecule has 0 aromatic heterocycles. The summed E-state index contributed by atoms with van der Waals surface area (Å²) in [6.45, 7) is 0. The Morgan fingerprint density at radius 1 is 0.818 bits per heavy atom. The highest BCUT2D eigenvalue weighted by atomic mass is 16.1. The third-order valence-electron chi connectivity index (χ3n) is 7.01. The molecule has 0 aromatic carbocycles. The lowest BCUT2D eigenvalue weighted by Crippen LogP contribution is -2.63. The quantitative estimate of drug-likeness (QED) is 0.637. The predicted molar refractivity (Wildman–Crippen MR) is 74.6 cm³/mol. The number of hydrogen-bond donors (Lipinski definition) is 0.